The van der Waals surface area contributed by atoms with Crippen molar-refractivity contribution in [2.75, 3.05) is 0 Å². The molecule has 0 saturated heterocycles. The maximum absolute atomic E-state index is 10.8. The first-order chi connectivity index (χ1) is 9.63. The zero-order chi connectivity index (χ0) is 14.1. The zero-order valence-electron chi connectivity index (χ0n) is 9.91. The first kappa shape index (κ1) is 13.0. The smallest absolute Gasteiger partial charge is 0.335 e. The number of carboxylic acids is 1. The lowest BCUT2D eigenvalue weighted by atomic mass is 10.1. The van der Waals surface area contributed by atoms with Crippen LogP contribution in [0.5, 0.6) is 0 Å². The van der Waals surface area contributed by atoms with Crippen LogP contribution in [0.2, 0.25) is 0 Å². The minimum absolute atomic E-state index is 0.218. The summed E-state index contributed by atoms with van der Waals surface area (Å²) < 4.78 is 6.57. The average molecular weight is 351 g/mol. The molecular weight excluding hydrogens is 344 g/mol. The summed E-state index contributed by atoms with van der Waals surface area (Å²) in [6.45, 7) is 0. The third-order valence-electron chi connectivity index (χ3n) is 2.59. The van der Waals surface area contributed by atoms with Gasteiger partial charge in [-0.05, 0) is 52.3 Å². The Morgan fingerprint density at radius 2 is 1.80 bits per heavy atom. The lowest BCUT2D eigenvalue weighted by Crippen LogP contribution is -1.94. The molecule has 0 atom stereocenters. The molecule has 100 valence electrons. The summed E-state index contributed by atoms with van der Waals surface area (Å²) in [6.07, 6.45) is 0. The molecule has 1 aromatic carbocycles. The molecule has 0 saturated carbocycles. The van der Waals surface area contributed by atoms with E-state index in [1.165, 1.54) is 23.5 Å². The maximum Gasteiger partial charge on any atom is 0.335 e. The lowest BCUT2D eigenvalue weighted by Gasteiger charge is -1.96. The van der Waals surface area contributed by atoms with Crippen LogP contribution in [0.15, 0.2) is 44.6 Å². The van der Waals surface area contributed by atoms with Gasteiger partial charge in [-0.3, -0.25) is 0 Å². The van der Waals surface area contributed by atoms with Crippen LogP contribution < -0.4 is 0 Å². The van der Waals surface area contributed by atoms with Crippen LogP contribution >= 0.6 is 27.3 Å². The number of thiophene rings is 1. The molecular formula is C13H7BrN2O3S. The third kappa shape index (κ3) is 2.50. The summed E-state index contributed by atoms with van der Waals surface area (Å²) >= 11 is 4.87. The topological polar surface area (TPSA) is 76.2 Å². The normalized spacial score (nSPS) is 10.7. The predicted octanol–water partition coefficient (Wildman–Crippen LogP) is 3.93. The highest BCUT2D eigenvalue weighted by Gasteiger charge is 2.12. The number of halogens is 1. The van der Waals surface area contributed by atoms with E-state index in [2.05, 4.69) is 26.1 Å². The second kappa shape index (κ2) is 5.18. The van der Waals surface area contributed by atoms with Crippen LogP contribution in [-0.4, -0.2) is 21.3 Å². The second-order valence-corrected chi connectivity index (χ2v) is 6.36. The molecule has 20 heavy (non-hydrogen) atoms. The van der Waals surface area contributed by atoms with Crippen molar-refractivity contribution in [3.05, 3.63) is 45.7 Å². The summed E-state index contributed by atoms with van der Waals surface area (Å²) in [5.41, 5.74) is 0.903. The van der Waals surface area contributed by atoms with Crippen molar-refractivity contribution in [2.45, 2.75) is 0 Å². The van der Waals surface area contributed by atoms with Gasteiger partial charge in [0.15, 0.2) is 0 Å². The van der Waals surface area contributed by atoms with Gasteiger partial charge in [-0.2, -0.15) is 0 Å². The minimum atomic E-state index is -0.966. The Labute approximate surface area is 126 Å². The van der Waals surface area contributed by atoms with E-state index >= 15 is 0 Å². The van der Waals surface area contributed by atoms with Crippen molar-refractivity contribution in [3.8, 4) is 22.2 Å². The van der Waals surface area contributed by atoms with Crippen molar-refractivity contribution in [1.82, 2.24) is 10.2 Å². The Bertz CT molecular complexity index is 764. The number of benzene rings is 1. The fourth-order valence-electron chi connectivity index (χ4n) is 1.62. The van der Waals surface area contributed by atoms with Crippen LogP contribution in [0, 0.1) is 0 Å². The summed E-state index contributed by atoms with van der Waals surface area (Å²) in [6, 6.07) is 10.1. The average Bonchev–Trinajstić information content (AvgIpc) is 3.07. The highest BCUT2D eigenvalue weighted by Crippen LogP contribution is 2.31. The summed E-state index contributed by atoms with van der Waals surface area (Å²) in [7, 11) is 0. The predicted molar refractivity (Wildman–Crippen MR) is 77.7 cm³/mol. The molecule has 1 N–H and O–H groups in total. The molecule has 5 nitrogen and oxygen atoms in total. The molecule has 7 heteroatoms. The summed E-state index contributed by atoms with van der Waals surface area (Å²) in [5, 5.41) is 16.8. The monoisotopic (exact) mass is 350 g/mol. The Kier molecular flexibility index (Phi) is 3.37. The van der Waals surface area contributed by atoms with E-state index < -0.39 is 5.97 Å². The molecule has 0 aliphatic heterocycles. The maximum atomic E-state index is 10.8. The minimum Gasteiger partial charge on any atom is -0.478 e. The Morgan fingerprint density at radius 3 is 2.40 bits per heavy atom. The molecule has 2 heterocycles. The van der Waals surface area contributed by atoms with E-state index in [4.69, 9.17) is 9.52 Å². The van der Waals surface area contributed by atoms with E-state index in [1.54, 1.807) is 12.1 Å². The van der Waals surface area contributed by atoms with Gasteiger partial charge in [-0.15, -0.1) is 21.5 Å². The number of carboxylic acid groups (broad SMARTS) is 1. The number of aromatic carboxylic acids is 1. The largest absolute Gasteiger partial charge is 0.478 e. The number of aromatic nitrogens is 2. The molecule has 0 amide bonds. The molecule has 0 aliphatic rings. The van der Waals surface area contributed by atoms with E-state index in [9.17, 15) is 4.79 Å². The van der Waals surface area contributed by atoms with Gasteiger partial charge in [0.25, 0.3) is 5.89 Å². The summed E-state index contributed by atoms with van der Waals surface area (Å²) in [4.78, 5) is 11.7. The van der Waals surface area contributed by atoms with Gasteiger partial charge >= 0.3 is 5.97 Å². The highest BCUT2D eigenvalue weighted by molar-refractivity contribution is 9.11. The molecule has 0 fully saturated rings. The summed E-state index contributed by atoms with van der Waals surface area (Å²) in [5.74, 6) is -0.161. The van der Waals surface area contributed by atoms with E-state index in [1.807, 2.05) is 12.1 Å². The number of hydrogen-bond donors (Lipinski definition) is 1. The SMILES string of the molecule is O=C(O)c1ccc(-c2nnc(-c3ccc(Br)s3)o2)cc1. The van der Waals surface area contributed by atoms with Gasteiger partial charge < -0.3 is 9.52 Å². The number of carbonyl (C=O) groups is 1. The Hall–Kier alpha value is -1.99. The van der Waals surface area contributed by atoms with Crippen LogP contribution in [0.3, 0.4) is 0 Å². The standard InChI is InChI=1S/C13H7BrN2O3S/c14-10-6-5-9(20-10)12-16-15-11(19-12)7-1-3-8(4-2-7)13(17)18/h1-6H,(H,17,18). The van der Waals surface area contributed by atoms with Crippen LogP contribution in [-0.2, 0) is 0 Å². The van der Waals surface area contributed by atoms with Gasteiger partial charge in [0, 0.05) is 5.56 Å². The van der Waals surface area contributed by atoms with Crippen molar-refractivity contribution >= 4 is 33.2 Å². The molecule has 0 aliphatic carbocycles. The van der Waals surface area contributed by atoms with Crippen LogP contribution in [0.4, 0.5) is 0 Å². The van der Waals surface area contributed by atoms with Crippen molar-refractivity contribution < 1.29 is 14.3 Å². The molecule has 3 aromatic rings. The third-order valence-corrected chi connectivity index (χ3v) is 4.20. The molecule has 2 aromatic heterocycles. The molecule has 0 radical (unpaired) electrons. The second-order valence-electron chi connectivity index (χ2n) is 3.90. The fourth-order valence-corrected chi connectivity index (χ4v) is 2.93. The number of nitrogens with zero attached hydrogens (tertiary/aromatic N) is 2. The van der Waals surface area contributed by atoms with Crippen LogP contribution in [0.1, 0.15) is 10.4 Å². The first-order valence-corrected chi connectivity index (χ1v) is 7.17. The molecule has 0 unspecified atom stereocenters. The molecule has 3 rings (SSSR count). The van der Waals surface area contributed by atoms with Crippen molar-refractivity contribution in [3.63, 3.8) is 0 Å². The van der Waals surface area contributed by atoms with Gasteiger partial charge in [-0.25, -0.2) is 4.79 Å². The van der Waals surface area contributed by atoms with E-state index in [0.717, 1.165) is 8.66 Å². The van der Waals surface area contributed by atoms with Gasteiger partial charge in [0.2, 0.25) is 5.89 Å². The lowest BCUT2D eigenvalue weighted by molar-refractivity contribution is 0.0697. The molecule has 0 spiro atoms. The number of rotatable bonds is 3. The van der Waals surface area contributed by atoms with Gasteiger partial charge in [-0.1, -0.05) is 0 Å². The van der Waals surface area contributed by atoms with Gasteiger partial charge in [0.1, 0.15) is 0 Å². The molecule has 0 bridgehead atoms. The van der Waals surface area contributed by atoms with Crippen LogP contribution in [0.25, 0.3) is 22.2 Å². The van der Waals surface area contributed by atoms with Crippen molar-refractivity contribution in [1.29, 1.82) is 0 Å². The first-order valence-electron chi connectivity index (χ1n) is 5.56. The number of hydrogen-bond acceptors (Lipinski definition) is 5. The Morgan fingerprint density at radius 1 is 1.10 bits per heavy atom. The fraction of sp³-hybridized carbons (Fsp3) is 0. The zero-order valence-corrected chi connectivity index (χ0v) is 12.3. The van der Waals surface area contributed by atoms with E-state index in [-0.39, 0.29) is 5.56 Å². The van der Waals surface area contributed by atoms with E-state index in [0.29, 0.717) is 17.3 Å². The Balaban J connectivity index is 1.91. The quantitative estimate of drug-likeness (QED) is 0.774. The highest BCUT2D eigenvalue weighted by atomic mass is 79.9. The van der Waals surface area contributed by atoms with Gasteiger partial charge in [0.05, 0.1) is 14.2 Å². The van der Waals surface area contributed by atoms with Crippen molar-refractivity contribution in [2.24, 2.45) is 0 Å².